The third-order valence-corrected chi connectivity index (χ3v) is 4.45. The Balaban J connectivity index is 1.44. The molecule has 1 atom stereocenters. The summed E-state index contributed by atoms with van der Waals surface area (Å²) in [5.41, 5.74) is 0. The van der Waals surface area contributed by atoms with E-state index in [-0.39, 0.29) is 11.8 Å². The highest BCUT2D eigenvalue weighted by Gasteiger charge is 2.33. The molecule has 22 heavy (non-hydrogen) atoms. The van der Waals surface area contributed by atoms with Crippen molar-refractivity contribution < 1.29 is 14.4 Å². The lowest BCUT2D eigenvalue weighted by Gasteiger charge is -2.33. The molecule has 7 nitrogen and oxygen atoms in total. The molecule has 1 aliphatic carbocycles. The van der Waals surface area contributed by atoms with Gasteiger partial charge in [0, 0.05) is 12.5 Å². The molecule has 0 bridgehead atoms. The zero-order chi connectivity index (χ0) is 15.5. The van der Waals surface area contributed by atoms with Crippen molar-refractivity contribution in [3.8, 4) is 0 Å². The van der Waals surface area contributed by atoms with Crippen LogP contribution in [0.1, 0.15) is 44.3 Å². The summed E-state index contributed by atoms with van der Waals surface area (Å²) in [6, 6.07) is 0.299. The predicted molar refractivity (Wildman–Crippen MR) is 78.8 cm³/mol. The van der Waals surface area contributed by atoms with Gasteiger partial charge in [0.1, 0.15) is 6.10 Å². The molecule has 2 N–H and O–H groups in total. The number of rotatable bonds is 6. The van der Waals surface area contributed by atoms with Gasteiger partial charge < -0.3 is 14.9 Å². The minimum atomic E-state index is -0.875. The molecular weight excluding hydrogens is 284 g/mol. The van der Waals surface area contributed by atoms with Gasteiger partial charge in [-0.3, -0.25) is 9.69 Å². The molecule has 1 saturated heterocycles. The summed E-state index contributed by atoms with van der Waals surface area (Å²) in [6.07, 6.45) is 3.59. The number of nitrogens with one attached hydrogen (secondary N) is 1. The summed E-state index contributed by atoms with van der Waals surface area (Å²) in [5.74, 6) is 1.22. The number of nitrogens with zero attached hydrogens (tertiary/aromatic N) is 3. The van der Waals surface area contributed by atoms with Crippen molar-refractivity contribution in [1.82, 2.24) is 20.4 Å². The van der Waals surface area contributed by atoms with Crippen LogP contribution in [0.4, 0.5) is 0 Å². The second-order valence-electron chi connectivity index (χ2n) is 6.30. The van der Waals surface area contributed by atoms with Crippen LogP contribution < -0.4 is 5.32 Å². The van der Waals surface area contributed by atoms with Gasteiger partial charge in [-0.2, -0.15) is 4.98 Å². The van der Waals surface area contributed by atoms with Crippen molar-refractivity contribution >= 4 is 5.91 Å². The minimum Gasteiger partial charge on any atom is -0.383 e. The van der Waals surface area contributed by atoms with Crippen LogP contribution in [0.15, 0.2) is 4.52 Å². The lowest BCUT2D eigenvalue weighted by Crippen LogP contribution is -2.45. The lowest BCUT2D eigenvalue weighted by molar-refractivity contribution is -0.133. The number of aromatic nitrogens is 2. The molecule has 122 valence electrons. The maximum absolute atomic E-state index is 11.9. The van der Waals surface area contributed by atoms with Crippen molar-refractivity contribution in [2.24, 2.45) is 5.92 Å². The van der Waals surface area contributed by atoms with Crippen LogP contribution in [0.25, 0.3) is 0 Å². The number of piperidine rings is 1. The third-order valence-electron chi connectivity index (χ3n) is 4.45. The zero-order valence-corrected chi connectivity index (χ0v) is 13.0. The molecule has 1 saturated carbocycles. The lowest BCUT2D eigenvalue weighted by atomic mass is 9.90. The van der Waals surface area contributed by atoms with Crippen molar-refractivity contribution in [3.05, 3.63) is 11.7 Å². The summed E-state index contributed by atoms with van der Waals surface area (Å²) in [7, 11) is 0. The highest BCUT2D eigenvalue weighted by atomic mass is 16.5. The summed E-state index contributed by atoms with van der Waals surface area (Å²) < 4.78 is 5.11. The van der Waals surface area contributed by atoms with E-state index in [4.69, 9.17) is 4.52 Å². The van der Waals surface area contributed by atoms with Crippen LogP contribution in [0.3, 0.4) is 0 Å². The zero-order valence-electron chi connectivity index (χ0n) is 13.0. The van der Waals surface area contributed by atoms with Crippen molar-refractivity contribution in [1.29, 1.82) is 0 Å². The van der Waals surface area contributed by atoms with Gasteiger partial charge in [-0.1, -0.05) is 12.1 Å². The standard InChI is InChI=1S/C15H24N4O3/c1-2-13-17-12(18-22-13)9-19-7-5-10(6-8-19)14(20)15(21)16-11-3-4-11/h10-11,14,20H,2-9H2,1H3,(H,16,21)/t14-/m0/s1. The maximum atomic E-state index is 11.9. The number of aliphatic hydroxyl groups is 1. The molecule has 0 radical (unpaired) electrons. The van der Waals surface area contributed by atoms with E-state index in [9.17, 15) is 9.90 Å². The van der Waals surface area contributed by atoms with Crippen LogP contribution in [0.5, 0.6) is 0 Å². The molecule has 1 aromatic rings. The molecule has 2 fully saturated rings. The van der Waals surface area contributed by atoms with Gasteiger partial charge in [0.25, 0.3) is 0 Å². The molecule has 1 amide bonds. The van der Waals surface area contributed by atoms with E-state index in [1.165, 1.54) is 0 Å². The predicted octanol–water partition coefficient (Wildman–Crippen LogP) is 0.483. The third kappa shape index (κ3) is 3.84. The van der Waals surface area contributed by atoms with Crippen LogP contribution in [-0.4, -0.2) is 51.3 Å². The quantitative estimate of drug-likeness (QED) is 0.794. The smallest absolute Gasteiger partial charge is 0.249 e. The number of aliphatic hydroxyl groups excluding tert-OH is 1. The Hall–Kier alpha value is -1.47. The molecule has 1 aromatic heterocycles. The van der Waals surface area contributed by atoms with E-state index in [1.54, 1.807) is 0 Å². The molecular formula is C15H24N4O3. The Morgan fingerprint density at radius 3 is 2.73 bits per heavy atom. The fourth-order valence-electron chi connectivity index (χ4n) is 2.85. The van der Waals surface area contributed by atoms with Crippen molar-refractivity contribution in [3.63, 3.8) is 0 Å². The fraction of sp³-hybridized carbons (Fsp3) is 0.800. The average molecular weight is 308 g/mol. The minimum absolute atomic E-state index is 0.0477. The van der Waals surface area contributed by atoms with Crippen LogP contribution >= 0.6 is 0 Å². The second kappa shape index (κ2) is 6.75. The van der Waals surface area contributed by atoms with Gasteiger partial charge >= 0.3 is 0 Å². The second-order valence-corrected chi connectivity index (χ2v) is 6.30. The molecule has 2 aliphatic rings. The summed E-state index contributed by atoms with van der Waals surface area (Å²) >= 11 is 0. The molecule has 0 unspecified atom stereocenters. The van der Waals surface area contributed by atoms with E-state index in [0.29, 0.717) is 24.3 Å². The number of carbonyl (C=O) groups excluding carboxylic acids is 1. The highest BCUT2D eigenvalue weighted by molar-refractivity contribution is 5.81. The molecule has 7 heteroatoms. The van der Waals surface area contributed by atoms with Gasteiger partial charge in [-0.15, -0.1) is 0 Å². The fourth-order valence-corrected chi connectivity index (χ4v) is 2.85. The van der Waals surface area contributed by atoms with E-state index in [0.717, 1.165) is 45.2 Å². The first-order valence-electron chi connectivity index (χ1n) is 8.18. The topological polar surface area (TPSA) is 91.5 Å². The number of hydrogen-bond acceptors (Lipinski definition) is 6. The maximum Gasteiger partial charge on any atom is 0.249 e. The Morgan fingerprint density at radius 2 is 2.14 bits per heavy atom. The van der Waals surface area contributed by atoms with Crippen LogP contribution in [0.2, 0.25) is 0 Å². The number of likely N-dealkylation sites (tertiary alicyclic amines) is 1. The molecule has 1 aliphatic heterocycles. The first kappa shape index (κ1) is 15.4. The number of aryl methyl sites for hydroxylation is 1. The number of amides is 1. The SMILES string of the molecule is CCc1nc(CN2CCC([C@H](O)C(=O)NC3CC3)CC2)no1. The number of hydrogen-bond donors (Lipinski definition) is 2. The normalized spacial score (nSPS) is 21.7. The van der Waals surface area contributed by atoms with Gasteiger partial charge in [-0.25, -0.2) is 0 Å². The Bertz CT molecular complexity index is 507. The first-order chi connectivity index (χ1) is 10.7. The van der Waals surface area contributed by atoms with E-state index in [1.807, 2.05) is 6.92 Å². The largest absolute Gasteiger partial charge is 0.383 e. The Morgan fingerprint density at radius 1 is 1.41 bits per heavy atom. The van der Waals surface area contributed by atoms with Crippen molar-refractivity contribution in [2.75, 3.05) is 13.1 Å². The van der Waals surface area contributed by atoms with E-state index >= 15 is 0 Å². The Labute approximate surface area is 130 Å². The summed E-state index contributed by atoms with van der Waals surface area (Å²) in [4.78, 5) is 18.4. The van der Waals surface area contributed by atoms with Crippen LogP contribution in [-0.2, 0) is 17.8 Å². The Kier molecular flexibility index (Phi) is 4.73. The van der Waals surface area contributed by atoms with Gasteiger partial charge in [-0.05, 0) is 44.7 Å². The highest BCUT2D eigenvalue weighted by Crippen LogP contribution is 2.24. The van der Waals surface area contributed by atoms with Gasteiger partial charge in [0.15, 0.2) is 5.82 Å². The number of carbonyl (C=O) groups is 1. The van der Waals surface area contributed by atoms with Crippen molar-refractivity contribution in [2.45, 2.75) is 57.7 Å². The van der Waals surface area contributed by atoms with Gasteiger partial charge in [0.05, 0.1) is 6.54 Å². The summed E-state index contributed by atoms with van der Waals surface area (Å²) in [6.45, 7) is 4.33. The molecule has 3 rings (SSSR count). The molecule has 0 spiro atoms. The van der Waals surface area contributed by atoms with Crippen LogP contribution in [0, 0.1) is 5.92 Å². The molecule has 0 aromatic carbocycles. The average Bonchev–Trinajstić information content (AvgIpc) is 3.23. The first-order valence-corrected chi connectivity index (χ1v) is 8.18. The van der Waals surface area contributed by atoms with E-state index < -0.39 is 6.10 Å². The summed E-state index contributed by atoms with van der Waals surface area (Å²) in [5, 5.41) is 17.0. The van der Waals surface area contributed by atoms with Gasteiger partial charge in [0.2, 0.25) is 11.8 Å². The van der Waals surface area contributed by atoms with E-state index in [2.05, 4.69) is 20.4 Å². The molecule has 2 heterocycles. The monoisotopic (exact) mass is 308 g/mol.